The summed E-state index contributed by atoms with van der Waals surface area (Å²) in [7, 11) is 0. The topological polar surface area (TPSA) is 232 Å². The summed E-state index contributed by atoms with van der Waals surface area (Å²) in [5.41, 5.74) is 22.3. The molecule has 0 aromatic rings. The number of carboxylic acids is 1. The Morgan fingerprint density at radius 3 is 2.33 bits per heavy atom. The van der Waals surface area contributed by atoms with E-state index in [0.717, 1.165) is 0 Å². The maximum atomic E-state index is 13.3. The van der Waals surface area contributed by atoms with Crippen molar-refractivity contribution in [3.8, 4) is 0 Å². The SMILES string of the molecule is CSCCC(N)C(=O)NC(CCCN=C(N)N)C(=O)NC(CCCCN)C(=O)N1CCCC1C(=O)O. The van der Waals surface area contributed by atoms with Gasteiger partial charge in [0.15, 0.2) is 5.96 Å². The maximum Gasteiger partial charge on any atom is 0.326 e. The molecule has 1 heterocycles. The van der Waals surface area contributed by atoms with Gasteiger partial charge in [-0.3, -0.25) is 19.4 Å². The van der Waals surface area contributed by atoms with E-state index in [4.69, 9.17) is 22.9 Å². The van der Waals surface area contributed by atoms with Gasteiger partial charge in [0.2, 0.25) is 17.7 Å². The third kappa shape index (κ3) is 11.0. The normalized spacial score (nSPS) is 17.6. The predicted octanol–water partition coefficient (Wildman–Crippen LogP) is -1.71. The first-order chi connectivity index (χ1) is 17.1. The van der Waals surface area contributed by atoms with Crippen LogP contribution in [-0.4, -0.2) is 95.5 Å². The van der Waals surface area contributed by atoms with Gasteiger partial charge in [0.05, 0.1) is 6.04 Å². The van der Waals surface area contributed by atoms with Crippen molar-refractivity contribution in [1.29, 1.82) is 0 Å². The molecule has 0 aromatic heterocycles. The van der Waals surface area contributed by atoms with Crippen molar-refractivity contribution in [2.24, 2.45) is 27.9 Å². The molecule has 1 aliphatic heterocycles. The van der Waals surface area contributed by atoms with Crippen molar-refractivity contribution < 1.29 is 24.3 Å². The summed E-state index contributed by atoms with van der Waals surface area (Å²) in [6, 6.07) is -3.61. The van der Waals surface area contributed by atoms with Crippen LogP contribution in [0.5, 0.6) is 0 Å². The molecule has 13 nitrogen and oxygen atoms in total. The molecule has 11 N–H and O–H groups in total. The summed E-state index contributed by atoms with van der Waals surface area (Å²) < 4.78 is 0. The zero-order chi connectivity index (χ0) is 27.1. The van der Waals surface area contributed by atoms with Gasteiger partial charge in [-0.05, 0) is 69.9 Å². The smallest absolute Gasteiger partial charge is 0.326 e. The number of guanidine groups is 1. The van der Waals surface area contributed by atoms with Crippen molar-refractivity contribution in [1.82, 2.24) is 15.5 Å². The standard InChI is InChI=1S/C22H42N8O5S/c1-36-13-9-14(24)18(31)28-15(7-4-11-27-22(25)26)19(32)29-16(6-2-3-10-23)20(33)30-12-5-8-17(30)21(34)35/h14-17H,2-13,23-24H2,1H3,(H,28,31)(H,29,32)(H,34,35)(H4,25,26,27). The lowest BCUT2D eigenvalue weighted by atomic mass is 10.0. The fourth-order valence-corrected chi connectivity index (χ4v) is 4.43. The molecule has 0 spiro atoms. The third-order valence-corrected chi connectivity index (χ3v) is 6.57. The molecule has 36 heavy (non-hydrogen) atoms. The van der Waals surface area contributed by atoms with Gasteiger partial charge in [0.1, 0.15) is 18.1 Å². The van der Waals surface area contributed by atoms with Crippen molar-refractivity contribution in [2.75, 3.05) is 31.6 Å². The van der Waals surface area contributed by atoms with Gasteiger partial charge in [-0.1, -0.05) is 0 Å². The van der Waals surface area contributed by atoms with Gasteiger partial charge >= 0.3 is 5.97 Å². The zero-order valence-corrected chi connectivity index (χ0v) is 21.8. The van der Waals surface area contributed by atoms with Crippen molar-refractivity contribution >= 4 is 41.4 Å². The number of carboxylic acid groups (broad SMARTS) is 1. The molecular formula is C22H42N8O5S. The Kier molecular flexibility index (Phi) is 14.8. The molecule has 0 aromatic carbocycles. The highest BCUT2D eigenvalue weighted by Crippen LogP contribution is 2.20. The fourth-order valence-electron chi connectivity index (χ4n) is 3.94. The second kappa shape index (κ2) is 17.0. The number of aliphatic carboxylic acids is 1. The average Bonchev–Trinajstić information content (AvgIpc) is 3.33. The first-order valence-corrected chi connectivity index (χ1v) is 13.7. The van der Waals surface area contributed by atoms with Crippen LogP contribution in [0.2, 0.25) is 0 Å². The van der Waals surface area contributed by atoms with Crippen LogP contribution in [0.1, 0.15) is 51.4 Å². The number of hydrogen-bond acceptors (Lipinski definition) is 8. The summed E-state index contributed by atoms with van der Waals surface area (Å²) >= 11 is 1.56. The molecule has 1 saturated heterocycles. The Bertz CT molecular complexity index is 765. The molecule has 206 valence electrons. The quantitative estimate of drug-likeness (QED) is 0.0639. The number of aliphatic imine (C=N–C) groups is 1. The zero-order valence-electron chi connectivity index (χ0n) is 21.0. The van der Waals surface area contributed by atoms with Gasteiger partial charge in [-0.25, -0.2) is 4.79 Å². The minimum absolute atomic E-state index is 0.0803. The number of nitrogens with zero attached hydrogens (tertiary/aromatic N) is 2. The lowest BCUT2D eigenvalue weighted by Gasteiger charge is -2.29. The van der Waals surface area contributed by atoms with Crippen LogP contribution in [0.15, 0.2) is 4.99 Å². The van der Waals surface area contributed by atoms with Crippen LogP contribution in [0, 0.1) is 0 Å². The van der Waals surface area contributed by atoms with E-state index >= 15 is 0 Å². The maximum absolute atomic E-state index is 13.3. The summed E-state index contributed by atoms with van der Waals surface area (Å²) in [5, 5.41) is 14.9. The van der Waals surface area contributed by atoms with Crippen LogP contribution in [0.25, 0.3) is 0 Å². The second-order valence-electron chi connectivity index (χ2n) is 8.77. The first-order valence-electron chi connectivity index (χ1n) is 12.3. The van der Waals surface area contributed by atoms with Gasteiger partial charge in [0, 0.05) is 13.1 Å². The number of hydrogen-bond donors (Lipinski definition) is 7. The Balaban J connectivity index is 3.00. The molecule has 4 unspecified atom stereocenters. The molecule has 1 fully saturated rings. The monoisotopic (exact) mass is 530 g/mol. The summed E-state index contributed by atoms with van der Waals surface area (Å²) in [5.74, 6) is -1.94. The molecular weight excluding hydrogens is 488 g/mol. The average molecular weight is 531 g/mol. The van der Waals surface area contributed by atoms with E-state index in [2.05, 4.69) is 15.6 Å². The highest BCUT2D eigenvalue weighted by Gasteiger charge is 2.38. The van der Waals surface area contributed by atoms with Gasteiger partial charge in [0.25, 0.3) is 0 Å². The van der Waals surface area contributed by atoms with Gasteiger partial charge in [-0.2, -0.15) is 11.8 Å². The first kappa shape index (κ1) is 31.4. The lowest BCUT2D eigenvalue weighted by molar-refractivity contribution is -0.149. The molecule has 3 amide bonds. The Morgan fingerprint density at radius 1 is 1.06 bits per heavy atom. The number of carbonyl (C=O) groups excluding carboxylic acids is 3. The number of unbranched alkanes of at least 4 members (excludes halogenated alkanes) is 1. The van der Waals surface area contributed by atoms with Crippen LogP contribution in [-0.2, 0) is 19.2 Å². The van der Waals surface area contributed by atoms with Crippen LogP contribution >= 0.6 is 11.8 Å². The summed E-state index contributed by atoms with van der Waals surface area (Å²) in [4.78, 5) is 55.9. The van der Waals surface area contributed by atoms with Crippen LogP contribution < -0.4 is 33.6 Å². The van der Waals surface area contributed by atoms with Crippen molar-refractivity contribution in [2.45, 2.75) is 75.5 Å². The Morgan fingerprint density at radius 2 is 1.72 bits per heavy atom. The predicted molar refractivity (Wildman–Crippen MR) is 140 cm³/mol. The Hall–Kier alpha value is -2.58. The van der Waals surface area contributed by atoms with Crippen molar-refractivity contribution in [3.05, 3.63) is 0 Å². The van der Waals surface area contributed by atoms with Crippen LogP contribution in [0.4, 0.5) is 0 Å². The molecule has 1 rings (SSSR count). The third-order valence-electron chi connectivity index (χ3n) is 5.93. The van der Waals surface area contributed by atoms with E-state index in [1.807, 2.05) is 6.26 Å². The number of amides is 3. The highest BCUT2D eigenvalue weighted by atomic mass is 32.2. The van der Waals surface area contributed by atoms with E-state index < -0.39 is 47.9 Å². The van der Waals surface area contributed by atoms with E-state index in [1.54, 1.807) is 11.8 Å². The minimum Gasteiger partial charge on any atom is -0.480 e. The molecule has 1 aliphatic rings. The second-order valence-corrected chi connectivity index (χ2v) is 9.76. The fraction of sp³-hybridized carbons (Fsp3) is 0.773. The largest absolute Gasteiger partial charge is 0.480 e. The molecule has 0 saturated carbocycles. The number of nitrogens with one attached hydrogen (secondary N) is 2. The lowest BCUT2D eigenvalue weighted by Crippen LogP contribution is -2.57. The summed E-state index contributed by atoms with van der Waals surface area (Å²) in [6.07, 6.45) is 5.41. The van der Waals surface area contributed by atoms with Gasteiger partial charge < -0.3 is 43.6 Å². The molecule has 14 heteroatoms. The number of rotatable bonds is 17. The van der Waals surface area contributed by atoms with Crippen molar-refractivity contribution in [3.63, 3.8) is 0 Å². The molecule has 0 bridgehead atoms. The minimum atomic E-state index is -1.07. The number of likely N-dealkylation sites (tertiary alicyclic amines) is 1. The summed E-state index contributed by atoms with van der Waals surface area (Å²) in [6.45, 7) is 0.989. The Labute approximate surface area is 216 Å². The van der Waals surface area contributed by atoms with E-state index in [1.165, 1.54) is 4.90 Å². The number of carbonyl (C=O) groups is 4. The number of nitrogens with two attached hydrogens (primary N) is 4. The van der Waals surface area contributed by atoms with Gasteiger partial charge in [-0.15, -0.1) is 0 Å². The van der Waals surface area contributed by atoms with E-state index in [0.29, 0.717) is 63.8 Å². The molecule has 0 aliphatic carbocycles. The van der Waals surface area contributed by atoms with Crippen LogP contribution in [0.3, 0.4) is 0 Å². The molecule has 4 atom stereocenters. The molecule has 0 radical (unpaired) electrons. The van der Waals surface area contributed by atoms with E-state index in [-0.39, 0.29) is 18.9 Å². The highest BCUT2D eigenvalue weighted by molar-refractivity contribution is 7.98. The van der Waals surface area contributed by atoms with E-state index in [9.17, 15) is 24.3 Å². The number of thioether (sulfide) groups is 1.